The van der Waals surface area contributed by atoms with E-state index in [0.717, 1.165) is 12.2 Å². The molecule has 0 aliphatic heterocycles. The molecule has 0 aliphatic rings. The first-order chi connectivity index (χ1) is 7.10. The Kier molecular flexibility index (Phi) is 8.52. The van der Waals surface area contributed by atoms with Gasteiger partial charge in [0.25, 0.3) is 0 Å². The Labute approximate surface area is 95.2 Å². The van der Waals surface area contributed by atoms with Crippen molar-refractivity contribution in [2.24, 2.45) is 0 Å². The molecule has 88 valence electrons. The van der Waals surface area contributed by atoms with Crippen LogP contribution < -0.4 is 0 Å². The van der Waals surface area contributed by atoms with E-state index in [4.69, 9.17) is 9.47 Å². The van der Waals surface area contributed by atoms with E-state index in [1.807, 2.05) is 19.3 Å². The van der Waals surface area contributed by atoms with E-state index < -0.39 is 0 Å². The Bertz CT molecular complexity index is 194. The van der Waals surface area contributed by atoms with Gasteiger partial charge in [0.05, 0.1) is 19.0 Å². The lowest BCUT2D eigenvalue weighted by atomic mass is 10.3. The van der Waals surface area contributed by atoms with Crippen molar-refractivity contribution in [3.8, 4) is 0 Å². The fourth-order valence-corrected chi connectivity index (χ4v) is 1.97. The first kappa shape index (κ1) is 14.5. The van der Waals surface area contributed by atoms with E-state index in [1.165, 1.54) is 0 Å². The molecule has 0 spiro atoms. The Hall–Kier alpha value is -0.480. The van der Waals surface area contributed by atoms with Crippen molar-refractivity contribution in [1.29, 1.82) is 0 Å². The van der Waals surface area contributed by atoms with Crippen molar-refractivity contribution in [3.63, 3.8) is 0 Å². The van der Waals surface area contributed by atoms with E-state index in [2.05, 4.69) is 6.58 Å². The molecule has 2 atom stereocenters. The van der Waals surface area contributed by atoms with Crippen LogP contribution in [-0.4, -0.2) is 43.6 Å². The molecule has 0 saturated carbocycles. The van der Waals surface area contributed by atoms with Crippen LogP contribution in [0, 0.1) is 0 Å². The summed E-state index contributed by atoms with van der Waals surface area (Å²) in [5, 5.41) is 0. The molecule has 4 heteroatoms. The van der Waals surface area contributed by atoms with E-state index >= 15 is 0 Å². The van der Waals surface area contributed by atoms with Crippen molar-refractivity contribution in [2.75, 3.05) is 31.5 Å². The van der Waals surface area contributed by atoms with Gasteiger partial charge in [-0.2, -0.15) is 0 Å². The van der Waals surface area contributed by atoms with Crippen molar-refractivity contribution >= 4 is 16.9 Å². The summed E-state index contributed by atoms with van der Waals surface area (Å²) in [6.07, 6.45) is 4.77. The summed E-state index contributed by atoms with van der Waals surface area (Å²) in [5.74, 6) is 1.25. The van der Waals surface area contributed by atoms with E-state index in [0.29, 0.717) is 12.4 Å². The number of hydrogen-bond donors (Lipinski definition) is 0. The normalized spacial score (nSPS) is 14.3. The van der Waals surface area contributed by atoms with Gasteiger partial charge in [-0.1, -0.05) is 6.58 Å². The average molecular weight is 233 g/mol. The maximum absolute atomic E-state index is 11.3. The predicted molar refractivity (Wildman–Crippen MR) is 65.3 cm³/mol. The molecule has 0 aliphatic carbocycles. The monoisotopic (exact) mass is 233 g/mol. The molecule has 0 radical (unpaired) electrons. The minimum Gasteiger partial charge on any atom is -0.462 e. The summed E-state index contributed by atoms with van der Waals surface area (Å²) in [7, 11) is 1.71. The topological polar surface area (TPSA) is 35.5 Å². The van der Waals surface area contributed by atoms with Crippen LogP contribution in [0.4, 0.5) is 0 Å². The summed E-state index contributed by atoms with van der Waals surface area (Å²) >= 11 is 0. The molecule has 0 aromatic carbocycles. The van der Waals surface area contributed by atoms with Crippen LogP contribution in [0.2, 0.25) is 0 Å². The fourth-order valence-electron chi connectivity index (χ4n) is 0.960. The Morgan fingerprint density at radius 3 is 2.80 bits per heavy atom. The largest absolute Gasteiger partial charge is 0.462 e. The number of methoxy groups -OCH3 is 1. The van der Waals surface area contributed by atoms with Gasteiger partial charge in [-0.25, -0.2) is 4.79 Å². The zero-order chi connectivity index (χ0) is 11.7. The number of esters is 1. The predicted octanol–water partition coefficient (Wildman–Crippen LogP) is 1.39. The second kappa shape index (κ2) is 8.80. The molecule has 0 amide bonds. The van der Waals surface area contributed by atoms with Gasteiger partial charge in [0.15, 0.2) is 0 Å². The quantitative estimate of drug-likeness (QED) is 0.361. The van der Waals surface area contributed by atoms with Crippen LogP contribution in [0.5, 0.6) is 0 Å². The van der Waals surface area contributed by atoms with Gasteiger partial charge in [0.1, 0.15) is 5.75 Å². The number of carbonyl (C=O) groups is 1. The highest BCUT2D eigenvalue weighted by molar-refractivity contribution is 7.96. The first-order valence-corrected chi connectivity index (χ1v) is 6.95. The highest BCUT2D eigenvalue weighted by Crippen LogP contribution is 1.98. The van der Waals surface area contributed by atoms with Gasteiger partial charge in [-0.05, 0) is 23.9 Å². The molecule has 0 N–H and O–H groups in total. The van der Waals surface area contributed by atoms with E-state index in [9.17, 15) is 4.79 Å². The standard InChI is InChI=1S/C11H21O3S/c1-5-8-15(4)9-11(12)14-7-6-10(2)13-3/h5,10H,1,6-9H2,2-4H3/q+1. The van der Waals surface area contributed by atoms with Gasteiger partial charge in [-0.3, -0.25) is 0 Å². The lowest BCUT2D eigenvalue weighted by molar-refractivity contribution is -0.141. The zero-order valence-corrected chi connectivity index (χ0v) is 10.6. The summed E-state index contributed by atoms with van der Waals surface area (Å²) in [4.78, 5) is 11.3. The molecule has 2 unspecified atom stereocenters. The highest BCUT2D eigenvalue weighted by Gasteiger charge is 2.16. The smallest absolute Gasteiger partial charge is 0.356 e. The lowest BCUT2D eigenvalue weighted by Gasteiger charge is -2.09. The van der Waals surface area contributed by atoms with E-state index in [1.54, 1.807) is 7.11 Å². The van der Waals surface area contributed by atoms with Crippen molar-refractivity contribution < 1.29 is 14.3 Å². The van der Waals surface area contributed by atoms with Crippen LogP contribution >= 0.6 is 0 Å². The third kappa shape index (κ3) is 8.51. The highest BCUT2D eigenvalue weighted by atomic mass is 32.2. The fraction of sp³-hybridized carbons (Fsp3) is 0.727. The molecule has 0 fully saturated rings. The minimum atomic E-state index is -0.119. The third-order valence-corrected chi connectivity index (χ3v) is 3.49. The summed E-state index contributed by atoms with van der Waals surface area (Å²) in [6, 6.07) is 0. The van der Waals surface area contributed by atoms with Crippen LogP contribution in [0.3, 0.4) is 0 Å². The summed E-state index contributed by atoms with van der Waals surface area (Å²) in [6.45, 7) is 6.04. The molecule has 0 aromatic rings. The van der Waals surface area contributed by atoms with Crippen LogP contribution in [0.25, 0.3) is 0 Å². The second-order valence-electron chi connectivity index (χ2n) is 3.44. The molecule has 0 aromatic heterocycles. The lowest BCUT2D eigenvalue weighted by Crippen LogP contribution is -2.21. The molecule has 15 heavy (non-hydrogen) atoms. The number of hydrogen-bond acceptors (Lipinski definition) is 3. The van der Waals surface area contributed by atoms with Crippen LogP contribution in [0.1, 0.15) is 13.3 Å². The Morgan fingerprint density at radius 1 is 1.60 bits per heavy atom. The van der Waals surface area contributed by atoms with Crippen LogP contribution in [-0.2, 0) is 25.2 Å². The summed E-state index contributed by atoms with van der Waals surface area (Å²) in [5.41, 5.74) is 0. The summed E-state index contributed by atoms with van der Waals surface area (Å²) < 4.78 is 10.1. The van der Waals surface area contributed by atoms with Gasteiger partial charge >= 0.3 is 5.97 Å². The SMILES string of the molecule is C=CC[S+](C)CC(=O)OCCC(C)OC. The molecule has 0 saturated heterocycles. The number of ether oxygens (including phenoxy) is 2. The molecule has 3 nitrogen and oxygen atoms in total. The average Bonchev–Trinajstić information content (AvgIpc) is 2.17. The number of carbonyl (C=O) groups excluding carboxylic acids is 1. The zero-order valence-electron chi connectivity index (χ0n) is 9.82. The van der Waals surface area contributed by atoms with Gasteiger partial charge in [0.2, 0.25) is 5.75 Å². The maximum Gasteiger partial charge on any atom is 0.356 e. The molecule has 0 rings (SSSR count). The maximum atomic E-state index is 11.3. The minimum absolute atomic E-state index is 0.0601. The third-order valence-electron chi connectivity index (χ3n) is 1.96. The molecular formula is C11H21O3S+. The molecular weight excluding hydrogens is 212 g/mol. The van der Waals surface area contributed by atoms with Crippen LogP contribution in [0.15, 0.2) is 12.7 Å². The van der Waals surface area contributed by atoms with E-state index in [-0.39, 0.29) is 23.0 Å². The second-order valence-corrected chi connectivity index (χ2v) is 5.62. The van der Waals surface area contributed by atoms with Gasteiger partial charge in [-0.15, -0.1) is 0 Å². The number of rotatable bonds is 8. The van der Waals surface area contributed by atoms with Crippen molar-refractivity contribution in [2.45, 2.75) is 19.4 Å². The van der Waals surface area contributed by atoms with Gasteiger partial charge in [0, 0.05) is 13.5 Å². The molecule has 0 heterocycles. The van der Waals surface area contributed by atoms with Gasteiger partial charge < -0.3 is 9.47 Å². The van der Waals surface area contributed by atoms with Crippen molar-refractivity contribution in [3.05, 3.63) is 12.7 Å². The Balaban J connectivity index is 3.52. The van der Waals surface area contributed by atoms with Crippen molar-refractivity contribution in [1.82, 2.24) is 0 Å². The first-order valence-electron chi connectivity index (χ1n) is 4.98. The Morgan fingerprint density at radius 2 is 2.27 bits per heavy atom. The molecule has 0 bridgehead atoms.